The zero-order chi connectivity index (χ0) is 12.2. The Morgan fingerprint density at radius 2 is 2.06 bits per heavy atom. The van der Waals surface area contributed by atoms with E-state index >= 15 is 0 Å². The maximum absolute atomic E-state index is 3.84. The molecule has 1 heteroatoms. The minimum atomic E-state index is 0.0634. The van der Waals surface area contributed by atoms with E-state index in [0.717, 1.165) is 6.42 Å². The third-order valence-corrected chi connectivity index (χ3v) is 4.67. The van der Waals surface area contributed by atoms with Crippen LogP contribution in [0.25, 0.3) is 0 Å². The van der Waals surface area contributed by atoms with E-state index in [1.54, 1.807) is 5.57 Å². The number of hydrogen-bond donors (Lipinski definition) is 1. The lowest BCUT2D eigenvalue weighted by atomic mass is 9.78. The van der Waals surface area contributed by atoms with Gasteiger partial charge in [-0.3, -0.25) is 5.32 Å². The van der Waals surface area contributed by atoms with E-state index in [4.69, 9.17) is 0 Å². The van der Waals surface area contributed by atoms with Crippen LogP contribution in [0, 0.1) is 5.92 Å². The number of nitrogens with one attached hydrogen (secondary N) is 1. The van der Waals surface area contributed by atoms with E-state index in [1.807, 2.05) is 0 Å². The average Bonchev–Trinajstić information content (AvgIpc) is 2.58. The van der Waals surface area contributed by atoms with Crippen molar-refractivity contribution >= 4 is 0 Å². The first-order valence-electron chi connectivity index (χ1n) is 6.70. The summed E-state index contributed by atoms with van der Waals surface area (Å²) >= 11 is 0. The highest BCUT2D eigenvalue weighted by molar-refractivity contribution is 5.49. The number of fused-ring (bicyclic) bond motifs is 7. The first kappa shape index (κ1) is 10.3. The van der Waals surface area contributed by atoms with Crippen molar-refractivity contribution < 1.29 is 0 Å². The second-order valence-electron chi connectivity index (χ2n) is 5.67. The van der Waals surface area contributed by atoms with Gasteiger partial charge in [-0.15, -0.1) is 0 Å². The summed E-state index contributed by atoms with van der Waals surface area (Å²) in [6.45, 7) is 2.35. The fourth-order valence-electron chi connectivity index (χ4n) is 3.85. The van der Waals surface area contributed by atoms with Crippen molar-refractivity contribution in [1.29, 1.82) is 0 Å². The van der Waals surface area contributed by atoms with Crippen LogP contribution in [-0.2, 0) is 12.0 Å². The fourth-order valence-corrected chi connectivity index (χ4v) is 3.85. The van der Waals surface area contributed by atoms with Crippen LogP contribution in [0.15, 0.2) is 60.2 Å². The number of allylic oxidation sites excluding steroid dienone is 4. The van der Waals surface area contributed by atoms with Gasteiger partial charge in [0, 0.05) is 12.0 Å². The Morgan fingerprint density at radius 1 is 1.17 bits per heavy atom. The normalized spacial score (nSPS) is 35.7. The molecule has 1 aromatic rings. The van der Waals surface area contributed by atoms with E-state index in [2.05, 4.69) is 66.9 Å². The van der Waals surface area contributed by atoms with Crippen molar-refractivity contribution in [3.63, 3.8) is 0 Å². The topological polar surface area (TPSA) is 12.0 Å². The third kappa shape index (κ3) is 1.20. The van der Waals surface area contributed by atoms with Gasteiger partial charge in [0.15, 0.2) is 0 Å². The van der Waals surface area contributed by atoms with Gasteiger partial charge >= 0.3 is 0 Å². The molecule has 2 aliphatic heterocycles. The van der Waals surface area contributed by atoms with Crippen molar-refractivity contribution in [3.05, 3.63) is 71.3 Å². The molecule has 4 rings (SSSR count). The van der Waals surface area contributed by atoms with Gasteiger partial charge in [0.25, 0.3) is 0 Å². The first-order chi connectivity index (χ1) is 8.79. The predicted molar refractivity (Wildman–Crippen MR) is 74.3 cm³/mol. The first-order valence-corrected chi connectivity index (χ1v) is 6.70. The molecule has 0 spiro atoms. The van der Waals surface area contributed by atoms with Crippen LogP contribution in [0.2, 0.25) is 0 Å². The van der Waals surface area contributed by atoms with E-state index in [0.29, 0.717) is 12.0 Å². The maximum Gasteiger partial charge on any atom is 0.0515 e. The lowest BCUT2D eigenvalue weighted by Gasteiger charge is -2.35. The highest BCUT2D eigenvalue weighted by Gasteiger charge is 2.50. The predicted octanol–water partition coefficient (Wildman–Crippen LogP) is 3.10. The van der Waals surface area contributed by atoms with Gasteiger partial charge in [0.05, 0.1) is 5.54 Å². The summed E-state index contributed by atoms with van der Waals surface area (Å²) in [6, 6.07) is 9.39. The summed E-state index contributed by atoms with van der Waals surface area (Å²) < 4.78 is 0. The molecule has 90 valence electrons. The highest BCUT2D eigenvalue weighted by Crippen LogP contribution is 2.48. The van der Waals surface area contributed by atoms with Gasteiger partial charge in [-0.05, 0) is 30.0 Å². The summed E-state index contributed by atoms with van der Waals surface area (Å²) in [6.07, 6.45) is 12.3. The van der Waals surface area contributed by atoms with Gasteiger partial charge in [-0.1, -0.05) is 54.6 Å². The van der Waals surface area contributed by atoms with E-state index in [-0.39, 0.29) is 5.54 Å². The summed E-state index contributed by atoms with van der Waals surface area (Å²) in [5, 5.41) is 3.84. The van der Waals surface area contributed by atoms with Crippen LogP contribution in [0.4, 0.5) is 0 Å². The molecule has 1 N–H and O–H groups in total. The average molecular weight is 235 g/mol. The quantitative estimate of drug-likeness (QED) is 0.728. The Morgan fingerprint density at radius 3 is 3.00 bits per heavy atom. The fraction of sp³-hybridized carbons (Fsp3) is 0.294. The van der Waals surface area contributed by atoms with Crippen LogP contribution in [0.5, 0.6) is 0 Å². The molecule has 0 saturated carbocycles. The standard InChI is InChI=1S/C17H17N/c1-17-14-9-6-5-7-12(14)11-16(18-17)13-8-3-2-4-10-15(13)17/h2-10,15-16,18H,11H2,1H3. The molecule has 2 bridgehead atoms. The molecule has 2 heterocycles. The second kappa shape index (κ2) is 3.46. The molecule has 1 fully saturated rings. The lowest BCUT2D eigenvalue weighted by Crippen LogP contribution is -2.45. The van der Waals surface area contributed by atoms with Crippen molar-refractivity contribution in [1.82, 2.24) is 5.32 Å². The van der Waals surface area contributed by atoms with Crippen LogP contribution < -0.4 is 5.32 Å². The summed E-state index contributed by atoms with van der Waals surface area (Å²) in [4.78, 5) is 0. The molecule has 0 aromatic heterocycles. The molecule has 3 unspecified atom stereocenters. The van der Waals surface area contributed by atoms with Gasteiger partial charge in [-0.2, -0.15) is 0 Å². The number of benzene rings is 1. The molecule has 0 amide bonds. The van der Waals surface area contributed by atoms with E-state index in [9.17, 15) is 0 Å². The number of hydrogen-bond acceptors (Lipinski definition) is 1. The zero-order valence-electron chi connectivity index (χ0n) is 10.6. The van der Waals surface area contributed by atoms with Gasteiger partial charge in [-0.25, -0.2) is 0 Å². The summed E-state index contributed by atoms with van der Waals surface area (Å²) in [5.41, 5.74) is 4.59. The third-order valence-electron chi connectivity index (χ3n) is 4.67. The Bertz CT molecular complexity index is 593. The van der Waals surface area contributed by atoms with E-state index < -0.39 is 0 Å². The van der Waals surface area contributed by atoms with Crippen LogP contribution in [0.3, 0.4) is 0 Å². The summed E-state index contributed by atoms with van der Waals surface area (Å²) in [5.74, 6) is 0.487. The second-order valence-corrected chi connectivity index (χ2v) is 5.67. The molecule has 1 aromatic carbocycles. The number of rotatable bonds is 0. The van der Waals surface area contributed by atoms with Crippen molar-refractivity contribution in [2.24, 2.45) is 5.92 Å². The van der Waals surface area contributed by atoms with Crippen LogP contribution >= 0.6 is 0 Å². The van der Waals surface area contributed by atoms with Gasteiger partial charge in [0.1, 0.15) is 0 Å². The zero-order valence-corrected chi connectivity index (χ0v) is 10.6. The van der Waals surface area contributed by atoms with Crippen molar-refractivity contribution in [2.75, 3.05) is 0 Å². The maximum atomic E-state index is 3.84. The van der Waals surface area contributed by atoms with E-state index in [1.165, 1.54) is 11.1 Å². The highest BCUT2D eigenvalue weighted by atomic mass is 15.1. The smallest absolute Gasteiger partial charge is 0.0515 e. The Hall–Kier alpha value is -1.60. The molecule has 1 saturated heterocycles. The molecular weight excluding hydrogens is 218 g/mol. The Kier molecular flexibility index (Phi) is 1.98. The SMILES string of the molecule is CC12NC(Cc3ccccc31)C1=CC=CC=CC12. The van der Waals surface area contributed by atoms with Crippen LogP contribution in [0.1, 0.15) is 18.1 Å². The van der Waals surface area contributed by atoms with Crippen LogP contribution in [-0.4, -0.2) is 6.04 Å². The minimum absolute atomic E-state index is 0.0634. The van der Waals surface area contributed by atoms with Crippen molar-refractivity contribution in [2.45, 2.75) is 24.9 Å². The Labute approximate surface area is 108 Å². The molecule has 1 nitrogen and oxygen atoms in total. The molecule has 3 atom stereocenters. The lowest BCUT2D eigenvalue weighted by molar-refractivity contribution is 0.339. The minimum Gasteiger partial charge on any atom is -0.300 e. The molecule has 0 radical (unpaired) electrons. The monoisotopic (exact) mass is 235 g/mol. The van der Waals surface area contributed by atoms with Crippen molar-refractivity contribution in [3.8, 4) is 0 Å². The summed E-state index contributed by atoms with van der Waals surface area (Å²) in [7, 11) is 0. The molecular formula is C17H17N. The molecule has 18 heavy (non-hydrogen) atoms. The molecule has 1 aliphatic carbocycles. The van der Waals surface area contributed by atoms with Gasteiger partial charge < -0.3 is 0 Å². The Balaban J connectivity index is 1.95. The van der Waals surface area contributed by atoms with Gasteiger partial charge in [0.2, 0.25) is 0 Å². The molecule has 3 aliphatic rings. The largest absolute Gasteiger partial charge is 0.300 e.